The van der Waals surface area contributed by atoms with Crippen molar-refractivity contribution in [3.8, 4) is 0 Å². The van der Waals surface area contributed by atoms with Crippen LogP contribution in [0.5, 0.6) is 0 Å². The maximum absolute atomic E-state index is 12.4. The van der Waals surface area contributed by atoms with E-state index >= 15 is 0 Å². The van der Waals surface area contributed by atoms with Crippen LogP contribution in [0.15, 0.2) is 0 Å². The molecule has 4 N–H and O–H groups in total. The summed E-state index contributed by atoms with van der Waals surface area (Å²) in [6.45, 7) is 1.76. The second-order valence-electron chi connectivity index (χ2n) is 10.3. The number of hydrogen-bond donors (Lipinski definition) is 4. The fourth-order valence-corrected chi connectivity index (χ4v) is 8.63. The van der Waals surface area contributed by atoms with E-state index in [4.69, 9.17) is 4.74 Å². The van der Waals surface area contributed by atoms with Gasteiger partial charge in [0.2, 0.25) is 0 Å². The molecule has 0 radical (unpaired) electrons. The Morgan fingerprint density at radius 3 is 2.56 bits per heavy atom. The third-order valence-electron chi connectivity index (χ3n) is 9.69. The molecule has 6 nitrogen and oxygen atoms in total. The zero-order valence-electron chi connectivity index (χ0n) is 16.1. The molecule has 0 aromatic carbocycles. The van der Waals surface area contributed by atoms with E-state index in [1.54, 1.807) is 0 Å². The van der Waals surface area contributed by atoms with Crippen LogP contribution < -0.4 is 0 Å². The summed E-state index contributed by atoms with van der Waals surface area (Å²) in [5.74, 6) is 0.00676. The van der Waals surface area contributed by atoms with E-state index in [0.29, 0.717) is 32.1 Å². The van der Waals surface area contributed by atoms with Crippen molar-refractivity contribution < 1.29 is 30.0 Å². The van der Waals surface area contributed by atoms with Crippen LogP contribution in [0.1, 0.15) is 64.7 Å². The van der Waals surface area contributed by atoms with Gasteiger partial charge in [0.25, 0.3) is 0 Å². The molecule has 4 saturated carbocycles. The molecule has 1 saturated heterocycles. The molecule has 6 heteroatoms. The maximum atomic E-state index is 12.4. The third-order valence-corrected chi connectivity index (χ3v) is 9.69. The largest absolute Gasteiger partial charge is 0.393 e. The van der Waals surface area contributed by atoms with Gasteiger partial charge in [0.05, 0.1) is 22.7 Å². The van der Waals surface area contributed by atoms with Crippen molar-refractivity contribution in [2.45, 2.75) is 88.3 Å². The number of ether oxygens (including phenoxy) is 1. The van der Waals surface area contributed by atoms with Gasteiger partial charge >= 0.3 is 0 Å². The number of fused-ring (bicyclic) bond motifs is 1. The lowest BCUT2D eigenvalue weighted by Crippen LogP contribution is -2.67. The minimum atomic E-state index is -1.08. The Hall–Kier alpha value is -0.530. The van der Waals surface area contributed by atoms with E-state index in [0.717, 1.165) is 25.7 Å². The highest BCUT2D eigenvalue weighted by atomic mass is 16.6. The van der Waals surface area contributed by atoms with Crippen molar-refractivity contribution in [3.05, 3.63) is 0 Å². The Morgan fingerprint density at radius 1 is 1.04 bits per heavy atom. The minimum absolute atomic E-state index is 0.0623. The molecular formula is C21H32O6. The van der Waals surface area contributed by atoms with Gasteiger partial charge in [-0.2, -0.15) is 0 Å². The average Bonchev–Trinajstić information content (AvgIpc) is 3.07. The van der Waals surface area contributed by atoms with E-state index in [1.165, 1.54) is 0 Å². The first-order chi connectivity index (χ1) is 12.7. The first kappa shape index (κ1) is 18.5. The number of aliphatic hydroxyl groups excluding tert-OH is 3. The molecule has 5 rings (SSSR count). The van der Waals surface area contributed by atoms with Crippen LogP contribution in [0.3, 0.4) is 0 Å². The Balaban J connectivity index is 1.57. The molecule has 0 aromatic heterocycles. The number of ketones is 1. The van der Waals surface area contributed by atoms with Crippen molar-refractivity contribution in [3.63, 3.8) is 0 Å². The van der Waals surface area contributed by atoms with Gasteiger partial charge in [-0.05, 0) is 62.7 Å². The van der Waals surface area contributed by atoms with Gasteiger partial charge in [-0.3, -0.25) is 4.79 Å². The summed E-state index contributed by atoms with van der Waals surface area (Å²) in [6.07, 6.45) is 4.46. The Kier molecular flexibility index (Phi) is 3.79. The molecule has 5 aliphatic rings. The highest BCUT2D eigenvalue weighted by Gasteiger charge is 2.79. The van der Waals surface area contributed by atoms with Crippen LogP contribution in [0, 0.1) is 28.6 Å². The second-order valence-corrected chi connectivity index (χ2v) is 10.3. The van der Waals surface area contributed by atoms with Gasteiger partial charge in [0.15, 0.2) is 12.1 Å². The fourth-order valence-electron chi connectivity index (χ4n) is 8.63. The molecule has 0 aromatic rings. The molecule has 0 amide bonds. The number of Topliss-reactive ketones (excluding diaryl/α,β-unsaturated/α-hetero) is 1. The normalized spacial score (nSPS) is 59.1. The van der Waals surface area contributed by atoms with Crippen LogP contribution in [0.4, 0.5) is 0 Å². The molecule has 1 aliphatic heterocycles. The van der Waals surface area contributed by atoms with Crippen molar-refractivity contribution in [2.24, 2.45) is 28.6 Å². The number of hydrogen-bond acceptors (Lipinski definition) is 6. The summed E-state index contributed by atoms with van der Waals surface area (Å²) in [5.41, 5.74) is -2.50. The molecule has 27 heavy (non-hydrogen) atoms. The molecule has 4 aliphatic carbocycles. The molecule has 152 valence electrons. The molecule has 9 unspecified atom stereocenters. The van der Waals surface area contributed by atoms with E-state index in [1.807, 2.05) is 0 Å². The van der Waals surface area contributed by atoms with Gasteiger partial charge < -0.3 is 25.2 Å². The van der Waals surface area contributed by atoms with Gasteiger partial charge in [-0.15, -0.1) is 0 Å². The summed E-state index contributed by atoms with van der Waals surface area (Å²) in [4.78, 5) is 12.4. The zero-order chi connectivity index (χ0) is 19.2. The van der Waals surface area contributed by atoms with Crippen molar-refractivity contribution in [1.29, 1.82) is 0 Å². The van der Waals surface area contributed by atoms with Crippen LogP contribution in [0.25, 0.3) is 0 Å². The lowest BCUT2D eigenvalue weighted by atomic mass is 9.42. The Morgan fingerprint density at radius 2 is 1.81 bits per heavy atom. The predicted molar refractivity (Wildman–Crippen MR) is 95.4 cm³/mol. The highest BCUT2D eigenvalue weighted by molar-refractivity contribution is 5.83. The van der Waals surface area contributed by atoms with Gasteiger partial charge in [-0.25, -0.2) is 0 Å². The zero-order valence-corrected chi connectivity index (χ0v) is 16.1. The minimum Gasteiger partial charge on any atom is -0.393 e. The second kappa shape index (κ2) is 5.54. The topological polar surface area (TPSA) is 107 Å². The van der Waals surface area contributed by atoms with Crippen LogP contribution in [-0.2, 0) is 9.53 Å². The van der Waals surface area contributed by atoms with Crippen molar-refractivity contribution in [2.75, 3.05) is 6.61 Å². The molecule has 1 spiro atoms. The SMILES string of the molecule is CC12CCC3C4(CCC5(O)CC(O)CCC35C(O)O4)C1CCC2C(=O)CO. The van der Waals surface area contributed by atoms with E-state index in [9.17, 15) is 25.2 Å². The highest BCUT2D eigenvalue weighted by Crippen LogP contribution is 2.75. The quantitative estimate of drug-likeness (QED) is 0.572. The number of carbonyl (C=O) groups excluding carboxylic acids is 1. The first-order valence-corrected chi connectivity index (χ1v) is 10.6. The van der Waals surface area contributed by atoms with E-state index < -0.39 is 35.6 Å². The van der Waals surface area contributed by atoms with Gasteiger partial charge in [0.1, 0.15) is 6.61 Å². The number of rotatable bonds is 2. The molecule has 5 fully saturated rings. The number of aliphatic hydroxyl groups is 4. The standard InChI is InChI=1S/C21H32O6/c1-18-6-5-16-20-7-4-12(23)10-19(20,26)8-9-21(16,27-17(20)25)15(18)3-2-13(18)14(24)11-22/h12-13,15-17,22-23,25-26H,2-11H2,1H3. The monoisotopic (exact) mass is 380 g/mol. The van der Waals surface area contributed by atoms with E-state index in [2.05, 4.69) is 6.92 Å². The first-order valence-electron chi connectivity index (χ1n) is 10.6. The lowest BCUT2D eigenvalue weighted by molar-refractivity contribution is -0.231. The third kappa shape index (κ3) is 1.97. The Bertz CT molecular complexity index is 667. The summed E-state index contributed by atoms with van der Waals surface area (Å²) in [7, 11) is 0. The predicted octanol–water partition coefficient (Wildman–Crippen LogP) is 1.13. The summed E-state index contributed by atoms with van der Waals surface area (Å²) >= 11 is 0. The summed E-state index contributed by atoms with van der Waals surface area (Å²) in [6, 6.07) is 0. The van der Waals surface area contributed by atoms with Crippen LogP contribution in [-0.4, -0.2) is 56.4 Å². The van der Waals surface area contributed by atoms with Gasteiger partial charge in [-0.1, -0.05) is 6.92 Å². The number of carbonyl (C=O) groups is 1. The van der Waals surface area contributed by atoms with Crippen LogP contribution >= 0.6 is 0 Å². The lowest BCUT2D eigenvalue weighted by Gasteiger charge is -2.62. The smallest absolute Gasteiger partial charge is 0.164 e. The summed E-state index contributed by atoms with van der Waals surface area (Å²) in [5, 5.41) is 42.3. The maximum Gasteiger partial charge on any atom is 0.164 e. The van der Waals surface area contributed by atoms with Crippen molar-refractivity contribution >= 4 is 5.78 Å². The fraction of sp³-hybridized carbons (Fsp3) is 0.952. The van der Waals surface area contributed by atoms with E-state index in [-0.39, 0.29) is 29.0 Å². The summed E-state index contributed by atoms with van der Waals surface area (Å²) < 4.78 is 6.42. The van der Waals surface area contributed by atoms with Crippen molar-refractivity contribution in [1.82, 2.24) is 0 Å². The Labute approximate surface area is 159 Å². The molecular weight excluding hydrogens is 348 g/mol. The molecule has 1 heterocycles. The molecule has 9 atom stereocenters. The average molecular weight is 380 g/mol. The van der Waals surface area contributed by atoms with Gasteiger partial charge in [0, 0.05) is 18.3 Å². The molecule has 2 bridgehead atoms. The van der Waals surface area contributed by atoms with Crippen LogP contribution in [0.2, 0.25) is 0 Å².